The van der Waals surface area contributed by atoms with Gasteiger partial charge in [-0.3, -0.25) is 9.69 Å². The van der Waals surface area contributed by atoms with Crippen LogP contribution in [0.2, 0.25) is 0 Å². The fourth-order valence-electron chi connectivity index (χ4n) is 2.97. The number of fused-ring (bicyclic) bond motifs is 2. The Morgan fingerprint density at radius 3 is 2.42 bits per heavy atom. The highest BCUT2D eigenvalue weighted by Gasteiger charge is 2.44. The number of nitrogens with zero attached hydrogens (tertiary/aromatic N) is 1. The third-order valence-corrected chi connectivity index (χ3v) is 4.52. The molecule has 24 heavy (non-hydrogen) atoms. The maximum absolute atomic E-state index is 12.1. The number of hydrogen-bond donors (Lipinski definition) is 2. The molecule has 9 heteroatoms. The summed E-state index contributed by atoms with van der Waals surface area (Å²) >= 11 is 0. The van der Waals surface area contributed by atoms with E-state index in [1.54, 1.807) is 0 Å². The van der Waals surface area contributed by atoms with E-state index in [4.69, 9.17) is 14.6 Å². The van der Waals surface area contributed by atoms with Crippen molar-refractivity contribution in [1.29, 1.82) is 0 Å². The zero-order valence-electron chi connectivity index (χ0n) is 13.5. The second-order valence-electron chi connectivity index (χ2n) is 6.48. The molecule has 0 radical (unpaired) electrons. The molecule has 0 aromatic carbocycles. The predicted molar refractivity (Wildman–Crippen MR) is 78.3 cm³/mol. The summed E-state index contributed by atoms with van der Waals surface area (Å²) in [6.07, 6.45) is -1.18. The molecule has 0 spiro atoms. The number of carboxylic acid groups (broad SMARTS) is 1. The number of carboxylic acids is 1. The summed E-state index contributed by atoms with van der Waals surface area (Å²) in [4.78, 5) is 23.4. The topological polar surface area (TPSA) is 78.9 Å². The maximum atomic E-state index is 12.1. The van der Waals surface area contributed by atoms with Crippen molar-refractivity contribution in [2.45, 2.75) is 44.6 Å². The van der Waals surface area contributed by atoms with Gasteiger partial charge in [0.05, 0.1) is 18.1 Å². The molecule has 3 fully saturated rings. The number of nitrogens with one attached hydrogen (secondary N) is 1. The quantitative estimate of drug-likeness (QED) is 0.796. The zero-order valence-corrected chi connectivity index (χ0v) is 13.5. The van der Waals surface area contributed by atoms with Crippen molar-refractivity contribution >= 4 is 11.9 Å². The van der Waals surface area contributed by atoms with Crippen LogP contribution < -0.4 is 5.32 Å². The molecule has 2 heterocycles. The summed E-state index contributed by atoms with van der Waals surface area (Å²) in [6.45, 7) is 6.04. The molecule has 3 unspecified atom stereocenters. The van der Waals surface area contributed by atoms with Crippen LogP contribution in [-0.2, 0) is 14.3 Å². The largest absolute Gasteiger partial charge is 0.490 e. The first-order chi connectivity index (χ1) is 11.2. The van der Waals surface area contributed by atoms with Crippen molar-refractivity contribution < 1.29 is 32.6 Å². The fourth-order valence-corrected chi connectivity index (χ4v) is 2.97. The third-order valence-electron chi connectivity index (χ3n) is 4.52. The van der Waals surface area contributed by atoms with Crippen molar-refractivity contribution in [3.63, 3.8) is 0 Å². The summed E-state index contributed by atoms with van der Waals surface area (Å²) < 4.78 is 37.6. The Morgan fingerprint density at radius 1 is 1.29 bits per heavy atom. The van der Waals surface area contributed by atoms with Gasteiger partial charge < -0.3 is 15.2 Å². The van der Waals surface area contributed by atoms with Crippen LogP contribution in [0.5, 0.6) is 0 Å². The molecule has 2 N–H and O–H groups in total. The van der Waals surface area contributed by atoms with Gasteiger partial charge in [0.25, 0.3) is 0 Å². The van der Waals surface area contributed by atoms with Gasteiger partial charge in [-0.1, -0.05) is 6.92 Å². The van der Waals surface area contributed by atoms with Crippen LogP contribution >= 0.6 is 0 Å². The minimum absolute atomic E-state index is 0.0929. The monoisotopic (exact) mass is 352 g/mol. The van der Waals surface area contributed by atoms with Gasteiger partial charge in [0.2, 0.25) is 5.91 Å². The van der Waals surface area contributed by atoms with Gasteiger partial charge >= 0.3 is 12.1 Å². The predicted octanol–water partition coefficient (Wildman–Crippen LogP) is 1.26. The van der Waals surface area contributed by atoms with E-state index < -0.39 is 12.1 Å². The Kier molecular flexibility index (Phi) is 6.08. The first kappa shape index (κ1) is 19.0. The average molecular weight is 352 g/mol. The molecule has 1 saturated carbocycles. The number of ether oxygens (including phenoxy) is 1. The van der Waals surface area contributed by atoms with Crippen LogP contribution in [0.1, 0.15) is 26.2 Å². The van der Waals surface area contributed by atoms with E-state index in [0.717, 1.165) is 38.5 Å². The van der Waals surface area contributed by atoms with Crippen molar-refractivity contribution in [3.8, 4) is 0 Å². The lowest BCUT2D eigenvalue weighted by Gasteiger charge is -2.31. The number of morpholine rings is 1. The number of hydrogen-bond acceptors (Lipinski definition) is 4. The number of carbonyl (C=O) groups excluding carboxylic acids is 1. The van der Waals surface area contributed by atoms with E-state index in [1.165, 1.54) is 12.8 Å². The van der Waals surface area contributed by atoms with Crippen LogP contribution in [-0.4, -0.2) is 66.4 Å². The second-order valence-corrected chi connectivity index (χ2v) is 6.48. The molecule has 0 aromatic heterocycles. The van der Waals surface area contributed by atoms with E-state index in [0.29, 0.717) is 0 Å². The molecule has 2 bridgehead atoms. The molecular weight excluding hydrogens is 329 g/mol. The Labute approximate surface area is 138 Å². The number of rotatable bonds is 4. The van der Waals surface area contributed by atoms with Crippen LogP contribution in [0, 0.1) is 11.8 Å². The lowest BCUT2D eigenvalue weighted by Crippen LogP contribution is -2.45. The highest BCUT2D eigenvalue weighted by Crippen LogP contribution is 2.32. The van der Waals surface area contributed by atoms with Crippen LogP contribution in [0.25, 0.3) is 0 Å². The smallest absolute Gasteiger partial charge is 0.475 e. The van der Waals surface area contributed by atoms with Gasteiger partial charge in [0, 0.05) is 19.6 Å². The van der Waals surface area contributed by atoms with Gasteiger partial charge in [-0.15, -0.1) is 0 Å². The summed E-state index contributed by atoms with van der Waals surface area (Å²) in [5.74, 6) is -1.68. The van der Waals surface area contributed by atoms with Gasteiger partial charge in [0.15, 0.2) is 0 Å². The Hall–Kier alpha value is -1.35. The molecule has 0 aromatic rings. The zero-order chi connectivity index (χ0) is 17.9. The SMILES string of the molecule is CCN1CC2CC(C(=O)NCC3CC3)C(C1)O2.O=C(O)C(F)(F)F. The number of amides is 1. The normalized spacial score (nSPS) is 29.6. The van der Waals surface area contributed by atoms with Crippen molar-refractivity contribution in [1.82, 2.24) is 10.2 Å². The van der Waals surface area contributed by atoms with Gasteiger partial charge in [-0.05, 0) is 31.7 Å². The molecule has 3 aliphatic rings. The molecule has 2 aliphatic heterocycles. The molecule has 1 amide bonds. The summed E-state index contributed by atoms with van der Waals surface area (Å²) in [5, 5.41) is 10.2. The lowest BCUT2D eigenvalue weighted by molar-refractivity contribution is -0.192. The number of likely N-dealkylation sites (tertiary alicyclic amines) is 1. The number of aliphatic carboxylic acids is 1. The minimum atomic E-state index is -5.08. The van der Waals surface area contributed by atoms with E-state index in [2.05, 4.69) is 17.1 Å². The van der Waals surface area contributed by atoms with E-state index in [9.17, 15) is 18.0 Å². The summed E-state index contributed by atoms with van der Waals surface area (Å²) in [5.41, 5.74) is 0. The number of halogens is 3. The molecule has 138 valence electrons. The number of alkyl halides is 3. The lowest BCUT2D eigenvalue weighted by atomic mass is 9.99. The highest BCUT2D eigenvalue weighted by atomic mass is 19.4. The van der Waals surface area contributed by atoms with Crippen molar-refractivity contribution in [3.05, 3.63) is 0 Å². The fraction of sp³-hybridized carbons (Fsp3) is 0.867. The molecule has 2 saturated heterocycles. The van der Waals surface area contributed by atoms with E-state index in [1.807, 2.05) is 0 Å². The summed E-state index contributed by atoms with van der Waals surface area (Å²) in [7, 11) is 0. The third kappa shape index (κ3) is 5.34. The maximum Gasteiger partial charge on any atom is 0.490 e. The molecular formula is C15H23F3N2O4. The molecule has 3 atom stereocenters. The van der Waals surface area contributed by atoms with Crippen molar-refractivity contribution in [2.24, 2.45) is 11.8 Å². The minimum Gasteiger partial charge on any atom is -0.475 e. The standard InChI is InChI=1S/C13H22N2O2.C2HF3O2/c1-2-15-7-10-5-11(12(8-15)17-10)13(16)14-6-9-3-4-9;3-2(4,5)1(6)7/h9-12H,2-8H2,1H3,(H,14,16);(H,6,7). The van der Waals surface area contributed by atoms with Crippen LogP contribution in [0.15, 0.2) is 0 Å². The van der Waals surface area contributed by atoms with Crippen molar-refractivity contribution in [2.75, 3.05) is 26.2 Å². The molecule has 6 nitrogen and oxygen atoms in total. The van der Waals surface area contributed by atoms with E-state index in [-0.39, 0.29) is 24.0 Å². The van der Waals surface area contributed by atoms with Crippen LogP contribution in [0.4, 0.5) is 13.2 Å². The Morgan fingerprint density at radius 2 is 1.92 bits per heavy atom. The van der Waals surface area contributed by atoms with Gasteiger partial charge in [-0.25, -0.2) is 4.79 Å². The highest BCUT2D eigenvalue weighted by molar-refractivity contribution is 5.79. The molecule has 3 rings (SSSR count). The van der Waals surface area contributed by atoms with Gasteiger partial charge in [-0.2, -0.15) is 13.2 Å². The van der Waals surface area contributed by atoms with Gasteiger partial charge in [0.1, 0.15) is 0 Å². The first-order valence-corrected chi connectivity index (χ1v) is 8.16. The number of carbonyl (C=O) groups is 2. The Balaban J connectivity index is 0.000000256. The number of likely N-dealkylation sites (N-methyl/N-ethyl adjacent to an activating group) is 1. The Bertz CT molecular complexity index is 468. The summed E-state index contributed by atoms with van der Waals surface area (Å²) in [6, 6.07) is 0. The van der Waals surface area contributed by atoms with E-state index >= 15 is 0 Å². The average Bonchev–Trinajstić information content (AvgIpc) is 3.29. The molecule has 1 aliphatic carbocycles. The second kappa shape index (κ2) is 7.69. The first-order valence-electron chi connectivity index (χ1n) is 8.16. The van der Waals surface area contributed by atoms with Crippen LogP contribution in [0.3, 0.4) is 0 Å².